The third-order valence-electron chi connectivity index (χ3n) is 4.76. The maximum atomic E-state index is 13.9. The van der Waals surface area contributed by atoms with Gasteiger partial charge in [-0.2, -0.15) is 0 Å². The van der Waals surface area contributed by atoms with E-state index in [9.17, 15) is 19.1 Å². The first-order valence-corrected chi connectivity index (χ1v) is 10.3. The third kappa shape index (κ3) is 3.26. The number of carbonyl (C=O) groups excluding carboxylic acids is 2. The van der Waals surface area contributed by atoms with Crippen LogP contribution in [0.2, 0.25) is 5.02 Å². The quantitative estimate of drug-likeness (QED) is 0.613. The number of fused-ring (bicyclic) bond motifs is 1. The van der Waals surface area contributed by atoms with Crippen LogP contribution in [0.3, 0.4) is 0 Å². The number of Topliss-reactive ketones (excluding diaryl/α,β-unsaturated/α-hetero) is 1. The van der Waals surface area contributed by atoms with E-state index in [0.717, 1.165) is 11.3 Å². The van der Waals surface area contributed by atoms with Gasteiger partial charge in [-0.05, 0) is 23.8 Å². The average molecular weight is 446 g/mol. The Labute approximate surface area is 180 Å². The molecule has 0 spiro atoms. The van der Waals surface area contributed by atoms with Gasteiger partial charge < -0.3 is 5.11 Å². The fourth-order valence-electron chi connectivity index (χ4n) is 3.31. The van der Waals surface area contributed by atoms with Gasteiger partial charge in [0.25, 0.3) is 5.91 Å². The first-order chi connectivity index (χ1) is 14.1. The largest absolute Gasteiger partial charge is 0.503 e. The van der Waals surface area contributed by atoms with Crippen molar-refractivity contribution in [2.24, 2.45) is 5.41 Å². The van der Waals surface area contributed by atoms with Crippen LogP contribution in [0.4, 0.5) is 9.52 Å². The number of nitrogens with zero attached hydrogens (tertiary/aromatic N) is 3. The maximum absolute atomic E-state index is 13.9. The van der Waals surface area contributed by atoms with E-state index >= 15 is 0 Å². The lowest BCUT2D eigenvalue weighted by Crippen LogP contribution is -2.32. The number of benzene rings is 1. The fourth-order valence-corrected chi connectivity index (χ4v) is 4.46. The minimum atomic E-state index is -0.904. The van der Waals surface area contributed by atoms with E-state index in [1.807, 2.05) is 0 Å². The molecule has 0 saturated heterocycles. The monoisotopic (exact) mass is 445 g/mol. The lowest BCUT2D eigenvalue weighted by molar-refractivity contribution is -0.123. The van der Waals surface area contributed by atoms with Crippen LogP contribution < -0.4 is 4.90 Å². The van der Waals surface area contributed by atoms with Gasteiger partial charge in [0.1, 0.15) is 5.82 Å². The lowest BCUT2D eigenvalue weighted by atomic mass is 9.82. The van der Waals surface area contributed by atoms with Gasteiger partial charge in [0.2, 0.25) is 0 Å². The molecule has 154 valence electrons. The van der Waals surface area contributed by atoms with Crippen molar-refractivity contribution in [1.82, 2.24) is 9.97 Å². The highest BCUT2D eigenvalue weighted by atomic mass is 35.5. The molecule has 3 heterocycles. The van der Waals surface area contributed by atoms with Gasteiger partial charge in [0, 0.05) is 17.8 Å². The molecule has 1 N–H and O–H groups in total. The Kier molecular flexibility index (Phi) is 4.86. The van der Waals surface area contributed by atoms with E-state index in [0.29, 0.717) is 15.8 Å². The summed E-state index contributed by atoms with van der Waals surface area (Å²) in [6.45, 7) is 5.14. The number of aliphatic hydroxyl groups excluding tert-OH is 1. The molecule has 2 aromatic heterocycles. The van der Waals surface area contributed by atoms with Crippen molar-refractivity contribution in [3.63, 3.8) is 0 Å². The van der Waals surface area contributed by atoms with E-state index in [4.69, 9.17) is 11.6 Å². The van der Waals surface area contributed by atoms with E-state index in [1.54, 1.807) is 39.1 Å². The summed E-state index contributed by atoms with van der Waals surface area (Å²) in [4.78, 5) is 36.0. The molecule has 1 unspecified atom stereocenters. The Morgan fingerprint density at radius 1 is 1.33 bits per heavy atom. The minimum absolute atomic E-state index is 0.0102. The van der Waals surface area contributed by atoms with Crippen LogP contribution in [-0.2, 0) is 9.59 Å². The lowest BCUT2D eigenvalue weighted by Gasteiger charge is -2.26. The van der Waals surface area contributed by atoms with Crippen molar-refractivity contribution >= 4 is 50.0 Å². The first kappa shape index (κ1) is 20.4. The number of hydrogen-bond donors (Lipinski definition) is 1. The number of thiazole rings is 1. The number of anilines is 1. The summed E-state index contributed by atoms with van der Waals surface area (Å²) in [5, 5.41) is 10.8. The number of halogens is 2. The molecule has 0 saturated carbocycles. The van der Waals surface area contributed by atoms with Gasteiger partial charge >= 0.3 is 0 Å². The molecule has 1 amide bonds. The highest BCUT2D eigenvalue weighted by Gasteiger charge is 2.47. The second kappa shape index (κ2) is 7.14. The summed E-state index contributed by atoms with van der Waals surface area (Å²) < 4.78 is 14.4. The Bertz CT molecular complexity index is 1180. The predicted octanol–water partition coefficient (Wildman–Crippen LogP) is 5.00. The minimum Gasteiger partial charge on any atom is -0.503 e. The second-order valence-corrected chi connectivity index (χ2v) is 9.35. The number of carbonyl (C=O) groups is 2. The van der Waals surface area contributed by atoms with Crippen molar-refractivity contribution in [2.45, 2.75) is 26.8 Å². The summed E-state index contributed by atoms with van der Waals surface area (Å²) in [6.07, 6.45) is 3.10. The Morgan fingerprint density at radius 2 is 2.07 bits per heavy atom. The molecule has 1 atom stereocenters. The van der Waals surface area contributed by atoms with Gasteiger partial charge in [-0.1, -0.05) is 49.8 Å². The van der Waals surface area contributed by atoms with Crippen molar-refractivity contribution < 1.29 is 19.1 Å². The van der Waals surface area contributed by atoms with Crippen LogP contribution in [0.25, 0.3) is 10.2 Å². The van der Waals surface area contributed by atoms with E-state index in [-0.39, 0.29) is 21.5 Å². The third-order valence-corrected chi connectivity index (χ3v) is 6.07. The molecule has 9 heteroatoms. The molecule has 0 bridgehead atoms. The smallest absolute Gasteiger partial charge is 0.296 e. The maximum Gasteiger partial charge on any atom is 0.296 e. The van der Waals surface area contributed by atoms with Crippen LogP contribution in [0.1, 0.15) is 32.4 Å². The van der Waals surface area contributed by atoms with E-state index < -0.39 is 28.9 Å². The highest BCUT2D eigenvalue weighted by Crippen LogP contribution is 2.45. The first-order valence-electron chi connectivity index (χ1n) is 9.06. The van der Waals surface area contributed by atoms with Crippen molar-refractivity contribution in [2.75, 3.05) is 4.90 Å². The predicted molar refractivity (Wildman–Crippen MR) is 113 cm³/mol. The van der Waals surface area contributed by atoms with Crippen LogP contribution >= 0.6 is 22.9 Å². The highest BCUT2D eigenvalue weighted by molar-refractivity contribution is 7.22. The zero-order chi connectivity index (χ0) is 21.8. The fraction of sp³-hybridized carbons (Fsp3) is 0.238. The van der Waals surface area contributed by atoms with Gasteiger partial charge in [-0.3, -0.25) is 19.5 Å². The van der Waals surface area contributed by atoms with E-state index in [1.165, 1.54) is 23.2 Å². The van der Waals surface area contributed by atoms with Gasteiger partial charge in [-0.25, -0.2) is 9.37 Å². The number of rotatable bonds is 3. The number of pyridine rings is 1. The molecule has 30 heavy (non-hydrogen) atoms. The number of hydrogen-bond acceptors (Lipinski definition) is 6. The molecule has 1 aliphatic heterocycles. The summed E-state index contributed by atoms with van der Waals surface area (Å²) in [7, 11) is 0. The molecule has 1 aromatic carbocycles. The van der Waals surface area contributed by atoms with Crippen LogP contribution in [0.15, 0.2) is 48.0 Å². The molecular weight excluding hydrogens is 429 g/mol. The molecule has 3 aromatic rings. The normalized spacial score (nSPS) is 17.3. The molecule has 0 radical (unpaired) electrons. The van der Waals surface area contributed by atoms with Crippen molar-refractivity contribution in [3.8, 4) is 0 Å². The Morgan fingerprint density at radius 3 is 2.70 bits per heavy atom. The van der Waals surface area contributed by atoms with Crippen LogP contribution in [0.5, 0.6) is 0 Å². The molecule has 6 nitrogen and oxygen atoms in total. The zero-order valence-corrected chi connectivity index (χ0v) is 17.9. The summed E-state index contributed by atoms with van der Waals surface area (Å²) >= 11 is 6.92. The van der Waals surface area contributed by atoms with Crippen molar-refractivity contribution in [3.05, 3.63) is 64.4 Å². The van der Waals surface area contributed by atoms with Gasteiger partial charge in [0.05, 0.1) is 26.9 Å². The van der Waals surface area contributed by atoms with Crippen LogP contribution in [-0.4, -0.2) is 26.8 Å². The molecule has 0 fully saturated rings. The standard InChI is InChI=1S/C21H17ClFN3O3S/c1-21(2,3)18(28)15-16(10-5-4-6-24-9-10)26(19(29)17(15)27)20-25-13-7-11(22)12(23)8-14(13)30-20/h4-9,16,27H,1-3H3. The average Bonchev–Trinajstić information content (AvgIpc) is 3.20. The SMILES string of the molecule is CC(C)(C)C(=O)C1=C(O)C(=O)N(c2nc3cc(Cl)c(F)cc3s2)C1c1cccnc1. The second-order valence-electron chi connectivity index (χ2n) is 7.94. The zero-order valence-electron chi connectivity index (χ0n) is 16.3. The van der Waals surface area contributed by atoms with Crippen LogP contribution in [0, 0.1) is 11.2 Å². The Hall–Kier alpha value is -2.84. The Balaban J connectivity index is 1.91. The van der Waals surface area contributed by atoms with E-state index in [2.05, 4.69) is 9.97 Å². The molecular formula is C21H17ClFN3O3S. The number of aromatic nitrogens is 2. The summed E-state index contributed by atoms with van der Waals surface area (Å²) in [5.74, 6) is -2.32. The molecule has 4 rings (SSSR count). The molecule has 0 aliphatic carbocycles. The van der Waals surface area contributed by atoms with Gasteiger partial charge in [0.15, 0.2) is 16.7 Å². The topological polar surface area (TPSA) is 83.4 Å². The summed E-state index contributed by atoms with van der Waals surface area (Å²) in [5.41, 5.74) is 0.119. The van der Waals surface area contributed by atoms with Gasteiger partial charge in [-0.15, -0.1) is 0 Å². The number of aliphatic hydroxyl groups is 1. The number of amides is 1. The van der Waals surface area contributed by atoms with Crippen molar-refractivity contribution in [1.29, 1.82) is 0 Å². The molecule has 1 aliphatic rings. The number of ketones is 1. The summed E-state index contributed by atoms with van der Waals surface area (Å²) in [6, 6.07) is 5.11.